The fourth-order valence-electron chi connectivity index (χ4n) is 3.23. The van der Waals surface area contributed by atoms with Gasteiger partial charge in [0.25, 0.3) is 5.91 Å². The molecule has 2 aliphatic rings. The van der Waals surface area contributed by atoms with Gasteiger partial charge in [-0.05, 0) is 31.4 Å². The number of nitrogens with zero attached hydrogens (tertiary/aromatic N) is 2. The molecule has 1 aromatic heterocycles. The normalized spacial score (nSPS) is 30.2. The Labute approximate surface area is 119 Å². The number of piperidine rings is 1. The molecule has 0 spiro atoms. The van der Waals surface area contributed by atoms with Gasteiger partial charge in [0.15, 0.2) is 0 Å². The predicted octanol–water partition coefficient (Wildman–Crippen LogP) is 1.35. The summed E-state index contributed by atoms with van der Waals surface area (Å²) in [4.78, 5) is 16.0. The standard InChI is InChI=1S/C15H22N2O3/c1-16(2)15(18)13-7-12-3-5-17(9-14(12)20-13)8-11-4-6-19-10-11/h4,6,10,12-14H,3,5,7-9H2,1-2H3/t12-,13-,14-/m0/s1. The topological polar surface area (TPSA) is 45.9 Å². The summed E-state index contributed by atoms with van der Waals surface area (Å²) < 4.78 is 11.1. The molecule has 0 bridgehead atoms. The third-order valence-corrected chi connectivity index (χ3v) is 4.34. The van der Waals surface area contributed by atoms with Crippen LogP contribution in [-0.4, -0.2) is 55.1 Å². The predicted molar refractivity (Wildman–Crippen MR) is 74.1 cm³/mol. The van der Waals surface area contributed by atoms with Crippen LogP contribution in [0.25, 0.3) is 0 Å². The number of carbonyl (C=O) groups is 1. The van der Waals surface area contributed by atoms with Crippen LogP contribution in [0.2, 0.25) is 0 Å². The van der Waals surface area contributed by atoms with E-state index in [1.54, 1.807) is 31.5 Å². The summed E-state index contributed by atoms with van der Waals surface area (Å²) in [5.74, 6) is 0.630. The first-order chi connectivity index (χ1) is 9.63. The smallest absolute Gasteiger partial charge is 0.251 e. The molecule has 0 saturated carbocycles. The average molecular weight is 278 g/mol. The first-order valence-corrected chi connectivity index (χ1v) is 7.23. The van der Waals surface area contributed by atoms with Gasteiger partial charge in [-0.15, -0.1) is 0 Å². The summed E-state index contributed by atoms with van der Waals surface area (Å²) in [5, 5.41) is 0. The molecule has 2 fully saturated rings. The lowest BCUT2D eigenvalue weighted by atomic mass is 9.91. The van der Waals surface area contributed by atoms with Gasteiger partial charge in [-0.25, -0.2) is 0 Å². The van der Waals surface area contributed by atoms with Crippen molar-refractivity contribution < 1.29 is 13.9 Å². The summed E-state index contributed by atoms with van der Waals surface area (Å²) >= 11 is 0. The van der Waals surface area contributed by atoms with Gasteiger partial charge in [0.1, 0.15) is 6.10 Å². The van der Waals surface area contributed by atoms with Crippen molar-refractivity contribution in [3.63, 3.8) is 0 Å². The maximum absolute atomic E-state index is 12.0. The van der Waals surface area contributed by atoms with E-state index in [0.717, 1.165) is 32.5 Å². The highest BCUT2D eigenvalue weighted by atomic mass is 16.5. The van der Waals surface area contributed by atoms with Crippen LogP contribution in [0.4, 0.5) is 0 Å². The Bertz CT molecular complexity index is 458. The van der Waals surface area contributed by atoms with Crippen LogP contribution in [0.15, 0.2) is 23.0 Å². The van der Waals surface area contributed by atoms with Gasteiger partial charge in [-0.1, -0.05) is 0 Å². The summed E-state index contributed by atoms with van der Waals surface area (Å²) in [6.45, 7) is 2.88. The van der Waals surface area contributed by atoms with Crippen LogP contribution in [0, 0.1) is 5.92 Å². The molecule has 0 N–H and O–H groups in total. The lowest BCUT2D eigenvalue weighted by Crippen LogP contribution is -2.42. The van der Waals surface area contributed by atoms with Gasteiger partial charge in [-0.3, -0.25) is 9.69 Å². The number of carbonyl (C=O) groups excluding carboxylic acids is 1. The zero-order valence-electron chi connectivity index (χ0n) is 12.1. The number of amides is 1. The number of rotatable bonds is 3. The number of fused-ring (bicyclic) bond motifs is 1. The van der Waals surface area contributed by atoms with Gasteiger partial charge in [-0.2, -0.15) is 0 Å². The maximum atomic E-state index is 12.0. The average Bonchev–Trinajstić information content (AvgIpc) is 3.06. The number of likely N-dealkylation sites (N-methyl/N-ethyl adjacent to an activating group) is 1. The van der Waals surface area contributed by atoms with Crippen molar-refractivity contribution in [3.05, 3.63) is 24.2 Å². The minimum Gasteiger partial charge on any atom is -0.472 e. The SMILES string of the molecule is CN(C)C(=O)[C@@H]1C[C@@H]2CCN(Cc3ccoc3)C[C@@H]2O1. The van der Waals surface area contributed by atoms with Crippen molar-refractivity contribution in [2.24, 2.45) is 5.92 Å². The molecule has 3 rings (SSSR count). The summed E-state index contributed by atoms with van der Waals surface area (Å²) in [6.07, 6.45) is 5.44. The second-order valence-electron chi connectivity index (χ2n) is 6.05. The molecule has 5 heteroatoms. The third kappa shape index (κ3) is 2.74. The summed E-state index contributed by atoms with van der Waals surface area (Å²) in [5.41, 5.74) is 1.20. The third-order valence-electron chi connectivity index (χ3n) is 4.34. The molecule has 2 aliphatic heterocycles. The first-order valence-electron chi connectivity index (χ1n) is 7.23. The van der Waals surface area contributed by atoms with E-state index in [9.17, 15) is 4.79 Å². The highest BCUT2D eigenvalue weighted by molar-refractivity contribution is 5.80. The quantitative estimate of drug-likeness (QED) is 0.837. The van der Waals surface area contributed by atoms with E-state index >= 15 is 0 Å². The molecule has 0 aliphatic carbocycles. The molecule has 20 heavy (non-hydrogen) atoms. The van der Waals surface area contributed by atoms with Gasteiger partial charge in [0.05, 0.1) is 18.6 Å². The molecule has 0 unspecified atom stereocenters. The van der Waals surface area contributed by atoms with E-state index in [0.29, 0.717) is 5.92 Å². The number of furan rings is 1. The minimum atomic E-state index is -0.242. The van der Waals surface area contributed by atoms with Gasteiger partial charge in [0.2, 0.25) is 0 Å². The van der Waals surface area contributed by atoms with E-state index in [4.69, 9.17) is 9.15 Å². The number of likely N-dealkylation sites (tertiary alicyclic amines) is 1. The van der Waals surface area contributed by atoms with Gasteiger partial charge in [0, 0.05) is 32.7 Å². The van der Waals surface area contributed by atoms with Crippen LogP contribution >= 0.6 is 0 Å². The van der Waals surface area contributed by atoms with Crippen molar-refractivity contribution in [2.75, 3.05) is 27.2 Å². The largest absolute Gasteiger partial charge is 0.472 e. The van der Waals surface area contributed by atoms with Crippen LogP contribution in [0.5, 0.6) is 0 Å². The van der Waals surface area contributed by atoms with E-state index in [1.807, 2.05) is 6.07 Å². The van der Waals surface area contributed by atoms with Crippen LogP contribution in [-0.2, 0) is 16.1 Å². The fraction of sp³-hybridized carbons (Fsp3) is 0.667. The van der Waals surface area contributed by atoms with E-state index < -0.39 is 0 Å². The van der Waals surface area contributed by atoms with Gasteiger partial charge >= 0.3 is 0 Å². The number of ether oxygens (including phenoxy) is 1. The molecular weight excluding hydrogens is 256 g/mol. The zero-order valence-corrected chi connectivity index (χ0v) is 12.1. The van der Waals surface area contributed by atoms with Crippen molar-refractivity contribution in [2.45, 2.75) is 31.6 Å². The molecule has 110 valence electrons. The Hall–Kier alpha value is -1.33. The lowest BCUT2D eigenvalue weighted by molar-refractivity contribution is -0.141. The second kappa shape index (κ2) is 5.58. The summed E-state index contributed by atoms with van der Waals surface area (Å²) in [6, 6.07) is 2.00. The Morgan fingerprint density at radius 1 is 1.50 bits per heavy atom. The molecule has 0 radical (unpaired) electrons. The molecule has 3 atom stereocenters. The highest BCUT2D eigenvalue weighted by Gasteiger charge is 2.42. The minimum absolute atomic E-state index is 0.0979. The summed E-state index contributed by atoms with van der Waals surface area (Å²) in [7, 11) is 3.58. The monoisotopic (exact) mass is 278 g/mol. The Morgan fingerprint density at radius 2 is 2.35 bits per heavy atom. The fourth-order valence-corrected chi connectivity index (χ4v) is 3.23. The van der Waals surface area contributed by atoms with E-state index in [-0.39, 0.29) is 18.1 Å². The molecule has 2 saturated heterocycles. The Balaban J connectivity index is 1.57. The Kier molecular flexibility index (Phi) is 3.81. The van der Waals surface area contributed by atoms with Gasteiger partial charge < -0.3 is 14.1 Å². The van der Waals surface area contributed by atoms with Crippen molar-refractivity contribution in [3.8, 4) is 0 Å². The zero-order chi connectivity index (χ0) is 14.1. The van der Waals surface area contributed by atoms with Crippen molar-refractivity contribution in [1.82, 2.24) is 9.80 Å². The highest BCUT2D eigenvalue weighted by Crippen LogP contribution is 2.34. The van der Waals surface area contributed by atoms with E-state index in [2.05, 4.69) is 4.90 Å². The lowest BCUT2D eigenvalue weighted by Gasteiger charge is -2.33. The molecule has 1 aromatic rings. The van der Waals surface area contributed by atoms with Crippen molar-refractivity contribution in [1.29, 1.82) is 0 Å². The molecule has 5 nitrogen and oxygen atoms in total. The number of hydrogen-bond acceptors (Lipinski definition) is 4. The molecule has 3 heterocycles. The van der Waals surface area contributed by atoms with Crippen LogP contribution < -0.4 is 0 Å². The molecule has 1 amide bonds. The maximum Gasteiger partial charge on any atom is 0.251 e. The first kappa shape index (κ1) is 13.6. The Morgan fingerprint density at radius 3 is 3.05 bits per heavy atom. The van der Waals surface area contributed by atoms with Crippen LogP contribution in [0.3, 0.4) is 0 Å². The molecule has 0 aromatic carbocycles. The van der Waals surface area contributed by atoms with Crippen LogP contribution in [0.1, 0.15) is 18.4 Å². The van der Waals surface area contributed by atoms with E-state index in [1.165, 1.54) is 5.56 Å². The second-order valence-corrected chi connectivity index (χ2v) is 6.05. The molecular formula is C15H22N2O3. The number of hydrogen-bond donors (Lipinski definition) is 0. The van der Waals surface area contributed by atoms with Crippen molar-refractivity contribution >= 4 is 5.91 Å².